The molecule has 0 saturated carbocycles. The minimum atomic E-state index is -0.896. The number of carbonyl (C=O) groups is 2. The standard InChI is InChI=1S/C21H22BrN3O3S/c1-2-28-21(27)15-4-3-9-25(11-15)12-19(26)17(10-23)20-24-18(13-29-20)14-5-7-16(22)8-6-14/h5-8,13,15,17H,2-4,9,11-12H2,1H3. The maximum Gasteiger partial charge on any atom is 0.310 e. The van der Waals surface area contributed by atoms with Gasteiger partial charge in [-0.1, -0.05) is 28.1 Å². The van der Waals surface area contributed by atoms with Crippen molar-refractivity contribution in [1.82, 2.24) is 9.88 Å². The summed E-state index contributed by atoms with van der Waals surface area (Å²) in [5.74, 6) is -1.50. The summed E-state index contributed by atoms with van der Waals surface area (Å²) >= 11 is 4.73. The number of hydrogen-bond acceptors (Lipinski definition) is 7. The lowest BCUT2D eigenvalue weighted by Gasteiger charge is -2.31. The smallest absolute Gasteiger partial charge is 0.310 e. The molecule has 1 aromatic heterocycles. The molecule has 2 heterocycles. The van der Waals surface area contributed by atoms with Gasteiger partial charge < -0.3 is 4.74 Å². The second kappa shape index (κ2) is 10.1. The third-order valence-corrected chi connectivity index (χ3v) is 6.30. The van der Waals surface area contributed by atoms with Crippen LogP contribution in [0.25, 0.3) is 11.3 Å². The molecule has 152 valence electrons. The van der Waals surface area contributed by atoms with Gasteiger partial charge in [0.25, 0.3) is 0 Å². The highest BCUT2D eigenvalue weighted by molar-refractivity contribution is 9.10. The molecule has 3 rings (SSSR count). The second-order valence-corrected chi connectivity index (χ2v) is 8.74. The molecule has 2 unspecified atom stereocenters. The number of piperidine rings is 1. The highest BCUT2D eigenvalue weighted by Crippen LogP contribution is 2.28. The van der Waals surface area contributed by atoms with Gasteiger partial charge in [-0.2, -0.15) is 5.26 Å². The summed E-state index contributed by atoms with van der Waals surface area (Å²) in [6.45, 7) is 3.51. The first kappa shape index (κ1) is 21.6. The molecule has 2 aromatic rings. The quantitative estimate of drug-likeness (QED) is 0.562. The minimum absolute atomic E-state index is 0.140. The van der Waals surface area contributed by atoms with E-state index in [4.69, 9.17) is 4.74 Å². The summed E-state index contributed by atoms with van der Waals surface area (Å²) in [7, 11) is 0. The number of aromatic nitrogens is 1. The van der Waals surface area contributed by atoms with Gasteiger partial charge in [-0.05, 0) is 38.4 Å². The van der Waals surface area contributed by atoms with Crippen LogP contribution in [0.5, 0.6) is 0 Å². The summed E-state index contributed by atoms with van der Waals surface area (Å²) in [6, 6.07) is 9.84. The highest BCUT2D eigenvalue weighted by Gasteiger charge is 2.31. The van der Waals surface area contributed by atoms with Gasteiger partial charge in [0.15, 0.2) is 11.7 Å². The van der Waals surface area contributed by atoms with E-state index in [9.17, 15) is 14.9 Å². The van der Waals surface area contributed by atoms with Gasteiger partial charge in [0.05, 0.1) is 30.8 Å². The molecule has 0 aliphatic carbocycles. The van der Waals surface area contributed by atoms with Crippen LogP contribution in [0.15, 0.2) is 34.1 Å². The molecule has 2 atom stereocenters. The van der Waals surface area contributed by atoms with Crippen molar-refractivity contribution in [3.05, 3.63) is 39.1 Å². The highest BCUT2D eigenvalue weighted by atomic mass is 79.9. The van der Waals surface area contributed by atoms with E-state index in [1.54, 1.807) is 6.92 Å². The zero-order valence-electron chi connectivity index (χ0n) is 16.1. The number of halogens is 1. The average molecular weight is 476 g/mol. The molecule has 0 spiro atoms. The molecule has 0 radical (unpaired) electrons. The second-order valence-electron chi connectivity index (χ2n) is 6.93. The van der Waals surface area contributed by atoms with Crippen molar-refractivity contribution < 1.29 is 14.3 Å². The Bertz CT molecular complexity index is 907. The average Bonchev–Trinajstić information content (AvgIpc) is 3.19. The minimum Gasteiger partial charge on any atom is -0.466 e. The lowest BCUT2D eigenvalue weighted by Crippen LogP contribution is -2.42. The summed E-state index contributed by atoms with van der Waals surface area (Å²) in [6.07, 6.45) is 1.60. The number of hydrogen-bond donors (Lipinski definition) is 0. The van der Waals surface area contributed by atoms with Gasteiger partial charge in [-0.15, -0.1) is 11.3 Å². The third kappa shape index (κ3) is 5.50. The van der Waals surface area contributed by atoms with Crippen molar-refractivity contribution in [3.63, 3.8) is 0 Å². The molecular formula is C21H22BrN3O3S. The summed E-state index contributed by atoms with van der Waals surface area (Å²) in [5.41, 5.74) is 1.69. The van der Waals surface area contributed by atoms with Crippen molar-refractivity contribution in [2.45, 2.75) is 25.7 Å². The lowest BCUT2D eigenvalue weighted by molar-refractivity contribution is -0.150. The summed E-state index contributed by atoms with van der Waals surface area (Å²) < 4.78 is 6.09. The van der Waals surface area contributed by atoms with E-state index in [-0.39, 0.29) is 24.2 Å². The Labute approximate surface area is 182 Å². The molecular weight excluding hydrogens is 454 g/mol. The number of ketones is 1. The third-order valence-electron chi connectivity index (χ3n) is 4.86. The predicted octanol–water partition coefficient (Wildman–Crippen LogP) is 4.02. The van der Waals surface area contributed by atoms with E-state index in [2.05, 4.69) is 27.0 Å². The van der Waals surface area contributed by atoms with Crippen molar-refractivity contribution >= 4 is 39.0 Å². The van der Waals surface area contributed by atoms with E-state index >= 15 is 0 Å². The molecule has 1 fully saturated rings. The van der Waals surface area contributed by atoms with Gasteiger partial charge in [-0.3, -0.25) is 14.5 Å². The molecule has 1 aliphatic rings. The van der Waals surface area contributed by atoms with Crippen LogP contribution in [0.3, 0.4) is 0 Å². The van der Waals surface area contributed by atoms with Gasteiger partial charge in [-0.25, -0.2) is 4.98 Å². The normalized spacial score (nSPS) is 18.0. The SMILES string of the molecule is CCOC(=O)C1CCCN(CC(=O)C(C#N)c2nc(-c3ccc(Br)cc3)cs2)C1. The first-order valence-electron chi connectivity index (χ1n) is 9.54. The van der Waals surface area contributed by atoms with Crippen molar-refractivity contribution in [2.24, 2.45) is 5.92 Å². The Balaban J connectivity index is 1.66. The van der Waals surface area contributed by atoms with Crippen LogP contribution >= 0.6 is 27.3 Å². The van der Waals surface area contributed by atoms with E-state index in [1.807, 2.05) is 34.5 Å². The van der Waals surface area contributed by atoms with Crippen molar-refractivity contribution in [2.75, 3.05) is 26.2 Å². The van der Waals surface area contributed by atoms with Crippen molar-refractivity contribution in [3.8, 4) is 17.3 Å². The van der Waals surface area contributed by atoms with E-state index < -0.39 is 5.92 Å². The fourth-order valence-corrected chi connectivity index (χ4v) is 4.56. The predicted molar refractivity (Wildman–Crippen MR) is 114 cm³/mol. The number of thiazole rings is 1. The largest absolute Gasteiger partial charge is 0.466 e. The van der Waals surface area contributed by atoms with Crippen LogP contribution in [0.4, 0.5) is 0 Å². The molecule has 1 aromatic carbocycles. The molecule has 1 aliphatic heterocycles. The Kier molecular flexibility index (Phi) is 7.53. The first-order valence-corrected chi connectivity index (χ1v) is 11.2. The molecule has 0 amide bonds. The van der Waals surface area contributed by atoms with Crippen LogP contribution in [0.1, 0.15) is 30.7 Å². The van der Waals surface area contributed by atoms with Gasteiger partial charge in [0.1, 0.15) is 5.01 Å². The molecule has 8 heteroatoms. The Morgan fingerprint density at radius 3 is 2.86 bits per heavy atom. The molecule has 1 saturated heterocycles. The molecule has 6 nitrogen and oxygen atoms in total. The number of carbonyl (C=O) groups excluding carboxylic acids is 2. The van der Waals surface area contributed by atoms with E-state index in [1.165, 1.54) is 11.3 Å². The maximum atomic E-state index is 12.8. The monoisotopic (exact) mass is 475 g/mol. The van der Waals surface area contributed by atoms with Crippen LogP contribution < -0.4 is 0 Å². The fourth-order valence-electron chi connectivity index (χ4n) is 3.40. The maximum absolute atomic E-state index is 12.8. The topological polar surface area (TPSA) is 83.3 Å². The van der Waals surface area contributed by atoms with Crippen LogP contribution in [0.2, 0.25) is 0 Å². The fraction of sp³-hybridized carbons (Fsp3) is 0.429. The lowest BCUT2D eigenvalue weighted by atomic mass is 9.97. The molecule has 0 N–H and O–H groups in total. The number of rotatable bonds is 7. The van der Waals surface area contributed by atoms with Crippen LogP contribution in [0, 0.1) is 17.2 Å². The van der Waals surface area contributed by atoms with Gasteiger partial charge in [0, 0.05) is 22.0 Å². The zero-order valence-corrected chi connectivity index (χ0v) is 18.5. The Morgan fingerprint density at radius 1 is 1.41 bits per heavy atom. The van der Waals surface area contributed by atoms with Crippen LogP contribution in [-0.4, -0.2) is 47.9 Å². The summed E-state index contributed by atoms with van der Waals surface area (Å²) in [4.78, 5) is 31.3. The Morgan fingerprint density at radius 2 is 2.17 bits per heavy atom. The van der Waals surface area contributed by atoms with E-state index in [0.29, 0.717) is 18.2 Å². The Hall–Kier alpha value is -2.08. The number of benzene rings is 1. The van der Waals surface area contributed by atoms with Crippen LogP contribution in [-0.2, 0) is 14.3 Å². The first-order chi connectivity index (χ1) is 14.0. The van der Waals surface area contributed by atoms with Gasteiger partial charge in [0.2, 0.25) is 0 Å². The number of nitriles is 1. The van der Waals surface area contributed by atoms with E-state index in [0.717, 1.165) is 35.1 Å². The van der Waals surface area contributed by atoms with Gasteiger partial charge >= 0.3 is 5.97 Å². The summed E-state index contributed by atoms with van der Waals surface area (Å²) in [5, 5.41) is 12.0. The number of Topliss-reactive ketones (excluding diaryl/α,β-unsaturated/α-hetero) is 1. The number of esters is 1. The molecule has 29 heavy (non-hydrogen) atoms. The molecule has 0 bridgehead atoms. The number of likely N-dealkylation sites (tertiary alicyclic amines) is 1. The number of ether oxygens (including phenoxy) is 1. The van der Waals surface area contributed by atoms with Crippen molar-refractivity contribution in [1.29, 1.82) is 5.26 Å². The zero-order chi connectivity index (χ0) is 20.8. The number of nitrogens with zero attached hydrogens (tertiary/aromatic N) is 3.